The van der Waals surface area contributed by atoms with Crippen molar-refractivity contribution in [3.8, 4) is 0 Å². The molecule has 1 aliphatic carbocycles. The molecule has 0 unspecified atom stereocenters. The summed E-state index contributed by atoms with van der Waals surface area (Å²) in [6, 6.07) is 14.8. The first-order valence-electron chi connectivity index (χ1n) is 7.67. The first-order valence-corrected chi connectivity index (χ1v) is 7.67. The molecule has 1 saturated carbocycles. The highest BCUT2D eigenvalue weighted by Gasteiger charge is 2.35. The molecule has 0 N–H and O–H groups in total. The fourth-order valence-corrected chi connectivity index (χ4v) is 2.76. The predicted molar refractivity (Wildman–Crippen MR) is 87.2 cm³/mol. The minimum Gasteiger partial charge on any atom is -0.331 e. The Bertz CT molecular complexity index is 739. The molecule has 2 aromatic carbocycles. The Morgan fingerprint density at radius 2 is 1.87 bits per heavy atom. The lowest BCUT2D eigenvalue weighted by Crippen LogP contribution is -2.33. The van der Waals surface area contributed by atoms with E-state index >= 15 is 0 Å². The molecule has 0 radical (unpaired) electrons. The molecule has 0 spiro atoms. The largest absolute Gasteiger partial charge is 0.331 e. The zero-order valence-corrected chi connectivity index (χ0v) is 12.9. The van der Waals surface area contributed by atoms with Crippen molar-refractivity contribution >= 4 is 11.6 Å². The Labute approximate surface area is 134 Å². The number of carbonyl (C=O) groups is 1. The second kappa shape index (κ2) is 6.20. The monoisotopic (exact) mass is 310 g/mol. The average Bonchev–Trinajstić information content (AvgIpc) is 3.37. The van der Waals surface area contributed by atoms with Crippen LogP contribution in [0.1, 0.15) is 34.3 Å². The van der Waals surface area contributed by atoms with Crippen molar-refractivity contribution in [2.45, 2.75) is 32.4 Å². The molecule has 1 fully saturated rings. The van der Waals surface area contributed by atoms with Crippen molar-refractivity contribution in [3.05, 3.63) is 75.3 Å². The maximum atomic E-state index is 12.9. The van der Waals surface area contributed by atoms with Gasteiger partial charge in [0.1, 0.15) is 5.56 Å². The predicted octanol–water partition coefficient (Wildman–Crippen LogP) is 3.71. The van der Waals surface area contributed by atoms with Gasteiger partial charge in [-0.25, -0.2) is 0 Å². The van der Waals surface area contributed by atoms with E-state index in [-0.39, 0.29) is 23.2 Å². The lowest BCUT2D eigenvalue weighted by molar-refractivity contribution is -0.385. The zero-order valence-electron chi connectivity index (χ0n) is 12.9. The zero-order chi connectivity index (χ0) is 16.4. The van der Waals surface area contributed by atoms with E-state index in [1.54, 1.807) is 30.0 Å². The molecule has 23 heavy (non-hydrogen) atoms. The Hall–Kier alpha value is -2.69. The molecule has 0 heterocycles. The Balaban J connectivity index is 1.94. The average molecular weight is 310 g/mol. The number of rotatable bonds is 5. The molecular formula is C18H18N2O3. The van der Waals surface area contributed by atoms with Crippen LogP contribution in [0.2, 0.25) is 0 Å². The van der Waals surface area contributed by atoms with Crippen molar-refractivity contribution in [3.63, 3.8) is 0 Å². The quantitative estimate of drug-likeness (QED) is 0.624. The lowest BCUT2D eigenvalue weighted by atomic mass is 10.1. The van der Waals surface area contributed by atoms with Crippen LogP contribution in [-0.2, 0) is 6.54 Å². The van der Waals surface area contributed by atoms with Gasteiger partial charge in [-0.15, -0.1) is 0 Å². The Kier molecular flexibility index (Phi) is 4.10. The summed E-state index contributed by atoms with van der Waals surface area (Å²) in [6.07, 6.45) is 1.91. The summed E-state index contributed by atoms with van der Waals surface area (Å²) in [4.78, 5) is 25.6. The van der Waals surface area contributed by atoms with E-state index in [0.717, 1.165) is 18.4 Å². The minimum atomic E-state index is -0.462. The van der Waals surface area contributed by atoms with Crippen LogP contribution in [0.25, 0.3) is 0 Å². The summed E-state index contributed by atoms with van der Waals surface area (Å²) < 4.78 is 0. The van der Waals surface area contributed by atoms with Crippen LogP contribution < -0.4 is 0 Å². The minimum absolute atomic E-state index is 0.0868. The molecule has 0 atom stereocenters. The third-order valence-electron chi connectivity index (χ3n) is 4.09. The van der Waals surface area contributed by atoms with Gasteiger partial charge in [0.15, 0.2) is 0 Å². The van der Waals surface area contributed by atoms with E-state index in [4.69, 9.17) is 0 Å². The molecule has 5 nitrogen and oxygen atoms in total. The smallest absolute Gasteiger partial charge is 0.285 e. The summed E-state index contributed by atoms with van der Waals surface area (Å²) in [6.45, 7) is 2.14. The number of aryl methyl sites for hydroxylation is 1. The lowest BCUT2D eigenvalue weighted by Gasteiger charge is -2.23. The van der Waals surface area contributed by atoms with Gasteiger partial charge in [0.2, 0.25) is 0 Å². The van der Waals surface area contributed by atoms with Crippen molar-refractivity contribution in [2.24, 2.45) is 0 Å². The van der Waals surface area contributed by atoms with E-state index < -0.39 is 4.92 Å². The van der Waals surface area contributed by atoms with Crippen LogP contribution in [0.3, 0.4) is 0 Å². The fourth-order valence-electron chi connectivity index (χ4n) is 2.76. The second-order valence-electron chi connectivity index (χ2n) is 5.88. The van der Waals surface area contributed by atoms with Crippen molar-refractivity contribution in [2.75, 3.05) is 0 Å². The van der Waals surface area contributed by atoms with Gasteiger partial charge in [-0.2, -0.15) is 0 Å². The third kappa shape index (κ3) is 3.23. The van der Waals surface area contributed by atoms with Crippen LogP contribution in [0.15, 0.2) is 48.5 Å². The van der Waals surface area contributed by atoms with Crippen molar-refractivity contribution < 1.29 is 9.72 Å². The van der Waals surface area contributed by atoms with Gasteiger partial charge in [-0.1, -0.05) is 42.5 Å². The maximum Gasteiger partial charge on any atom is 0.285 e. The highest BCUT2D eigenvalue weighted by Crippen LogP contribution is 2.32. The second-order valence-corrected chi connectivity index (χ2v) is 5.88. The van der Waals surface area contributed by atoms with Crippen molar-refractivity contribution in [1.29, 1.82) is 0 Å². The topological polar surface area (TPSA) is 63.5 Å². The van der Waals surface area contributed by atoms with E-state index in [0.29, 0.717) is 12.1 Å². The van der Waals surface area contributed by atoms with Crippen LogP contribution >= 0.6 is 0 Å². The molecule has 1 amide bonds. The summed E-state index contributed by atoms with van der Waals surface area (Å²) in [5.74, 6) is -0.258. The third-order valence-corrected chi connectivity index (χ3v) is 4.09. The normalized spacial score (nSPS) is 13.6. The van der Waals surface area contributed by atoms with E-state index in [1.165, 1.54) is 0 Å². The number of amides is 1. The Morgan fingerprint density at radius 1 is 1.17 bits per heavy atom. The standard InChI is InChI=1S/C18H18N2O3/c1-13-6-5-9-16(17(13)20(22)23)18(21)19(15-10-11-15)12-14-7-3-2-4-8-14/h2-9,15H,10-12H2,1H3. The summed E-state index contributed by atoms with van der Waals surface area (Å²) in [5.41, 5.74) is 1.63. The number of benzene rings is 2. The number of nitrogens with zero attached hydrogens (tertiary/aromatic N) is 2. The number of hydrogen-bond donors (Lipinski definition) is 0. The molecule has 0 saturated heterocycles. The summed E-state index contributed by atoms with van der Waals surface area (Å²) in [7, 11) is 0. The molecule has 3 rings (SSSR count). The summed E-state index contributed by atoms with van der Waals surface area (Å²) in [5, 5.41) is 11.3. The Morgan fingerprint density at radius 3 is 2.48 bits per heavy atom. The molecule has 1 aliphatic rings. The van der Waals surface area contributed by atoms with Crippen molar-refractivity contribution in [1.82, 2.24) is 4.90 Å². The number of nitro groups is 1. The number of carbonyl (C=O) groups excluding carboxylic acids is 1. The van der Waals surface area contributed by atoms with Crippen LogP contribution in [0.4, 0.5) is 5.69 Å². The van der Waals surface area contributed by atoms with Gasteiger partial charge in [-0.05, 0) is 31.4 Å². The molecule has 2 aromatic rings. The van der Waals surface area contributed by atoms with Crippen LogP contribution in [-0.4, -0.2) is 21.8 Å². The number of para-hydroxylation sites is 1. The molecular weight excluding hydrogens is 292 g/mol. The number of hydrogen-bond acceptors (Lipinski definition) is 3. The van der Waals surface area contributed by atoms with E-state index in [2.05, 4.69) is 0 Å². The van der Waals surface area contributed by atoms with Gasteiger partial charge < -0.3 is 4.90 Å². The maximum absolute atomic E-state index is 12.9. The first kappa shape index (κ1) is 15.2. The van der Waals surface area contributed by atoms with Crippen LogP contribution in [0.5, 0.6) is 0 Å². The number of nitro benzene ring substituents is 1. The van der Waals surface area contributed by atoms with E-state index in [9.17, 15) is 14.9 Å². The van der Waals surface area contributed by atoms with Gasteiger partial charge in [0.05, 0.1) is 4.92 Å². The fraction of sp³-hybridized carbons (Fsp3) is 0.278. The molecule has 0 aliphatic heterocycles. The summed E-state index contributed by atoms with van der Waals surface area (Å²) >= 11 is 0. The highest BCUT2D eigenvalue weighted by atomic mass is 16.6. The van der Waals surface area contributed by atoms with Gasteiger partial charge in [0, 0.05) is 18.2 Å². The van der Waals surface area contributed by atoms with Gasteiger partial charge >= 0.3 is 0 Å². The van der Waals surface area contributed by atoms with Crippen LogP contribution in [0, 0.1) is 17.0 Å². The molecule has 0 bridgehead atoms. The highest BCUT2D eigenvalue weighted by molar-refractivity contribution is 5.99. The molecule has 0 aromatic heterocycles. The molecule has 5 heteroatoms. The SMILES string of the molecule is Cc1cccc(C(=O)N(Cc2ccccc2)C2CC2)c1[N+](=O)[O-]. The first-order chi connectivity index (χ1) is 11.1. The van der Waals surface area contributed by atoms with Gasteiger partial charge in [-0.3, -0.25) is 14.9 Å². The van der Waals surface area contributed by atoms with E-state index in [1.807, 2.05) is 30.3 Å². The van der Waals surface area contributed by atoms with Gasteiger partial charge in [0.25, 0.3) is 11.6 Å². The molecule has 118 valence electrons.